The Labute approximate surface area is 135 Å². The molecule has 2 fully saturated rings. The predicted octanol–water partition coefficient (Wildman–Crippen LogP) is 2.03. The molecule has 0 aromatic rings. The van der Waals surface area contributed by atoms with Gasteiger partial charge in [0.2, 0.25) is 5.91 Å². The van der Waals surface area contributed by atoms with Gasteiger partial charge in [0.1, 0.15) is 0 Å². The standard InChI is InChI=1S/C16H31N3O.ClH/c1-12-6-4-8-15(13(12)2)18-16(20)11-19-9-5-7-14(19)10-17-3;/h12-15,17H,4-11H2,1-3H3,(H,18,20);1H. The van der Waals surface area contributed by atoms with Gasteiger partial charge in [0, 0.05) is 18.6 Å². The van der Waals surface area contributed by atoms with Crippen molar-refractivity contribution >= 4 is 18.3 Å². The fourth-order valence-electron chi connectivity index (χ4n) is 3.79. The molecule has 0 radical (unpaired) electrons. The van der Waals surface area contributed by atoms with E-state index in [9.17, 15) is 4.79 Å². The maximum absolute atomic E-state index is 12.3. The molecule has 4 unspecified atom stereocenters. The molecular formula is C16H32ClN3O. The zero-order valence-electron chi connectivity index (χ0n) is 13.7. The van der Waals surface area contributed by atoms with E-state index in [1.807, 2.05) is 7.05 Å². The summed E-state index contributed by atoms with van der Waals surface area (Å²) in [7, 11) is 1.99. The van der Waals surface area contributed by atoms with Crippen LogP contribution in [0.25, 0.3) is 0 Å². The van der Waals surface area contributed by atoms with Crippen LogP contribution in [0.4, 0.5) is 0 Å². The number of carbonyl (C=O) groups excluding carboxylic acids is 1. The maximum atomic E-state index is 12.3. The molecule has 21 heavy (non-hydrogen) atoms. The first-order valence-corrected chi connectivity index (χ1v) is 8.29. The average Bonchev–Trinajstić information content (AvgIpc) is 2.83. The largest absolute Gasteiger partial charge is 0.352 e. The lowest BCUT2D eigenvalue weighted by Crippen LogP contribution is -2.49. The van der Waals surface area contributed by atoms with Crippen molar-refractivity contribution in [2.75, 3.05) is 26.7 Å². The normalized spacial score (nSPS) is 33.5. The van der Waals surface area contributed by atoms with Crippen LogP contribution in [0.2, 0.25) is 0 Å². The molecule has 124 valence electrons. The van der Waals surface area contributed by atoms with Gasteiger partial charge in [0.05, 0.1) is 6.54 Å². The molecule has 4 nitrogen and oxygen atoms in total. The van der Waals surface area contributed by atoms with E-state index in [0.717, 1.165) is 25.4 Å². The highest BCUT2D eigenvalue weighted by Crippen LogP contribution is 2.29. The van der Waals surface area contributed by atoms with Gasteiger partial charge in [-0.05, 0) is 44.7 Å². The number of nitrogens with one attached hydrogen (secondary N) is 2. The van der Waals surface area contributed by atoms with Crippen LogP contribution in [0.3, 0.4) is 0 Å². The first-order valence-electron chi connectivity index (χ1n) is 8.29. The molecule has 4 atom stereocenters. The molecule has 2 N–H and O–H groups in total. The number of halogens is 1. The van der Waals surface area contributed by atoms with Crippen LogP contribution in [0.15, 0.2) is 0 Å². The van der Waals surface area contributed by atoms with Crippen LogP contribution in [-0.4, -0.2) is 49.6 Å². The number of likely N-dealkylation sites (tertiary alicyclic amines) is 1. The van der Waals surface area contributed by atoms with Crippen molar-refractivity contribution in [1.29, 1.82) is 0 Å². The van der Waals surface area contributed by atoms with Gasteiger partial charge in [-0.1, -0.05) is 26.7 Å². The Morgan fingerprint density at radius 2 is 1.95 bits per heavy atom. The Hall–Kier alpha value is -0.320. The third kappa shape index (κ3) is 5.11. The molecule has 2 rings (SSSR count). The first-order chi connectivity index (χ1) is 9.61. The molecule has 1 heterocycles. The molecule has 2 aliphatic rings. The summed E-state index contributed by atoms with van der Waals surface area (Å²) in [5.41, 5.74) is 0. The van der Waals surface area contributed by atoms with E-state index in [1.54, 1.807) is 0 Å². The molecule has 0 aromatic heterocycles. The monoisotopic (exact) mass is 317 g/mol. The van der Waals surface area contributed by atoms with Crippen LogP contribution >= 0.6 is 12.4 Å². The predicted molar refractivity (Wildman–Crippen MR) is 89.9 cm³/mol. The summed E-state index contributed by atoms with van der Waals surface area (Å²) in [5, 5.41) is 6.52. The minimum absolute atomic E-state index is 0. The van der Waals surface area contributed by atoms with Crippen molar-refractivity contribution in [3.63, 3.8) is 0 Å². The summed E-state index contributed by atoms with van der Waals surface area (Å²) >= 11 is 0. The number of rotatable bonds is 5. The van der Waals surface area contributed by atoms with Crippen LogP contribution in [-0.2, 0) is 4.79 Å². The van der Waals surface area contributed by atoms with Crippen molar-refractivity contribution in [2.24, 2.45) is 11.8 Å². The quantitative estimate of drug-likeness (QED) is 0.815. The summed E-state index contributed by atoms with van der Waals surface area (Å²) < 4.78 is 0. The lowest BCUT2D eigenvalue weighted by atomic mass is 9.78. The van der Waals surface area contributed by atoms with Gasteiger partial charge < -0.3 is 10.6 Å². The van der Waals surface area contributed by atoms with Gasteiger partial charge in [-0.2, -0.15) is 0 Å². The number of nitrogens with zero attached hydrogens (tertiary/aromatic N) is 1. The summed E-state index contributed by atoms with van der Waals surface area (Å²) in [6.45, 7) is 7.23. The first kappa shape index (κ1) is 18.7. The summed E-state index contributed by atoms with van der Waals surface area (Å²) in [6, 6.07) is 0.921. The van der Waals surface area contributed by atoms with E-state index in [4.69, 9.17) is 0 Å². The molecule has 1 aliphatic heterocycles. The SMILES string of the molecule is CNCC1CCCN1CC(=O)NC1CCCC(C)C1C.Cl. The third-order valence-corrected chi connectivity index (χ3v) is 5.34. The molecule has 1 aliphatic carbocycles. The molecule has 1 amide bonds. The zero-order valence-corrected chi connectivity index (χ0v) is 14.5. The fourth-order valence-corrected chi connectivity index (χ4v) is 3.79. The van der Waals surface area contributed by atoms with Crippen LogP contribution in [0.1, 0.15) is 46.0 Å². The molecule has 0 aromatic carbocycles. The average molecular weight is 318 g/mol. The van der Waals surface area contributed by atoms with Crippen molar-refractivity contribution in [3.8, 4) is 0 Å². The van der Waals surface area contributed by atoms with Gasteiger partial charge in [-0.3, -0.25) is 9.69 Å². The Morgan fingerprint density at radius 1 is 1.19 bits per heavy atom. The van der Waals surface area contributed by atoms with E-state index < -0.39 is 0 Å². The smallest absolute Gasteiger partial charge is 0.234 e. The van der Waals surface area contributed by atoms with Crippen molar-refractivity contribution in [3.05, 3.63) is 0 Å². The minimum Gasteiger partial charge on any atom is -0.352 e. The maximum Gasteiger partial charge on any atom is 0.234 e. The number of carbonyl (C=O) groups is 1. The number of hydrogen-bond acceptors (Lipinski definition) is 3. The Bertz CT molecular complexity index is 327. The molecule has 1 saturated carbocycles. The van der Waals surface area contributed by atoms with Crippen LogP contribution < -0.4 is 10.6 Å². The highest BCUT2D eigenvalue weighted by Gasteiger charge is 2.30. The second kappa shape index (κ2) is 8.96. The van der Waals surface area contributed by atoms with E-state index in [-0.39, 0.29) is 18.3 Å². The van der Waals surface area contributed by atoms with Crippen LogP contribution in [0, 0.1) is 11.8 Å². The van der Waals surface area contributed by atoms with Crippen molar-refractivity contribution < 1.29 is 4.79 Å². The van der Waals surface area contributed by atoms with Gasteiger partial charge in [0.15, 0.2) is 0 Å². The fraction of sp³-hybridized carbons (Fsp3) is 0.938. The van der Waals surface area contributed by atoms with Gasteiger partial charge >= 0.3 is 0 Å². The lowest BCUT2D eigenvalue weighted by Gasteiger charge is -2.35. The lowest BCUT2D eigenvalue weighted by molar-refractivity contribution is -0.123. The third-order valence-electron chi connectivity index (χ3n) is 5.34. The van der Waals surface area contributed by atoms with Crippen LogP contribution in [0.5, 0.6) is 0 Å². The topological polar surface area (TPSA) is 44.4 Å². The van der Waals surface area contributed by atoms with Gasteiger partial charge in [0.25, 0.3) is 0 Å². The Balaban J connectivity index is 0.00000220. The summed E-state index contributed by atoms with van der Waals surface area (Å²) in [5.74, 6) is 1.57. The van der Waals surface area contributed by atoms with Gasteiger partial charge in [-0.15, -0.1) is 12.4 Å². The molecular weight excluding hydrogens is 286 g/mol. The second-order valence-corrected chi connectivity index (χ2v) is 6.77. The van der Waals surface area contributed by atoms with Crippen molar-refractivity contribution in [1.82, 2.24) is 15.5 Å². The van der Waals surface area contributed by atoms with Crippen molar-refractivity contribution in [2.45, 2.75) is 58.0 Å². The molecule has 1 saturated heterocycles. The Kier molecular flexibility index (Phi) is 7.99. The highest BCUT2D eigenvalue weighted by atomic mass is 35.5. The number of likely N-dealkylation sites (N-methyl/N-ethyl adjacent to an activating group) is 1. The molecule has 0 spiro atoms. The number of amides is 1. The van der Waals surface area contributed by atoms with E-state index in [2.05, 4.69) is 29.4 Å². The highest BCUT2D eigenvalue weighted by molar-refractivity contribution is 5.85. The minimum atomic E-state index is 0. The van der Waals surface area contributed by atoms with Gasteiger partial charge in [-0.25, -0.2) is 0 Å². The number of hydrogen-bond donors (Lipinski definition) is 2. The molecule has 5 heteroatoms. The second-order valence-electron chi connectivity index (χ2n) is 6.77. The Morgan fingerprint density at radius 3 is 2.67 bits per heavy atom. The summed E-state index contributed by atoms with van der Waals surface area (Å²) in [4.78, 5) is 14.6. The summed E-state index contributed by atoms with van der Waals surface area (Å²) in [6.07, 6.45) is 6.14. The van der Waals surface area contributed by atoms with E-state index in [1.165, 1.54) is 25.7 Å². The van der Waals surface area contributed by atoms with E-state index in [0.29, 0.717) is 24.5 Å². The molecule has 0 bridgehead atoms. The van der Waals surface area contributed by atoms with E-state index >= 15 is 0 Å². The zero-order chi connectivity index (χ0) is 14.5.